The zero-order chi connectivity index (χ0) is 16.2. The number of rotatable bonds is 5. The number of benzene rings is 1. The molecule has 1 aromatic carbocycles. The third kappa shape index (κ3) is 3.52. The minimum absolute atomic E-state index is 0.104. The van der Waals surface area contributed by atoms with Crippen LogP contribution in [0.3, 0.4) is 0 Å². The quantitative estimate of drug-likeness (QED) is 0.438. The standard InChI is InChI=1S/C12H13NO8/c1-20-11(16)6-3-4-7(8(5-6)13(18)19)9(14)10(15)12(17)21-2/h3-5,9-10,14-15H,1-2H3. The van der Waals surface area contributed by atoms with Crippen molar-refractivity contribution in [3.8, 4) is 0 Å². The van der Waals surface area contributed by atoms with Crippen molar-refractivity contribution < 1.29 is 34.2 Å². The highest BCUT2D eigenvalue weighted by Gasteiger charge is 2.32. The number of carbonyl (C=O) groups is 2. The average molecular weight is 299 g/mol. The Kier molecular flexibility index (Phi) is 5.33. The SMILES string of the molecule is COC(=O)c1ccc(C(O)C(O)C(=O)OC)c([N+](=O)[O-])c1. The molecule has 0 radical (unpaired) electrons. The van der Waals surface area contributed by atoms with E-state index < -0.39 is 34.8 Å². The molecule has 0 amide bonds. The van der Waals surface area contributed by atoms with Gasteiger partial charge in [-0.3, -0.25) is 10.1 Å². The molecule has 0 saturated heterocycles. The summed E-state index contributed by atoms with van der Waals surface area (Å²) < 4.78 is 8.67. The first-order valence-electron chi connectivity index (χ1n) is 5.64. The molecule has 9 heteroatoms. The van der Waals surface area contributed by atoms with E-state index in [1.54, 1.807) is 0 Å². The van der Waals surface area contributed by atoms with Crippen LogP contribution in [0, 0.1) is 10.1 Å². The molecule has 0 aromatic heterocycles. The number of aliphatic hydroxyl groups is 2. The van der Waals surface area contributed by atoms with Gasteiger partial charge in [-0.2, -0.15) is 0 Å². The van der Waals surface area contributed by atoms with E-state index in [0.29, 0.717) is 0 Å². The molecule has 2 unspecified atom stereocenters. The zero-order valence-electron chi connectivity index (χ0n) is 11.2. The molecular formula is C12H13NO8. The van der Waals surface area contributed by atoms with Gasteiger partial charge in [-0.15, -0.1) is 0 Å². The molecule has 2 N–H and O–H groups in total. The number of ether oxygens (including phenoxy) is 2. The van der Waals surface area contributed by atoms with E-state index in [1.165, 1.54) is 6.07 Å². The van der Waals surface area contributed by atoms with Gasteiger partial charge < -0.3 is 19.7 Å². The first-order valence-corrected chi connectivity index (χ1v) is 5.64. The number of nitro groups is 1. The fraction of sp³-hybridized carbons (Fsp3) is 0.333. The van der Waals surface area contributed by atoms with Crippen molar-refractivity contribution in [3.63, 3.8) is 0 Å². The summed E-state index contributed by atoms with van der Waals surface area (Å²) in [5.41, 5.74) is -1.06. The first kappa shape index (κ1) is 16.5. The van der Waals surface area contributed by atoms with Gasteiger partial charge in [0.25, 0.3) is 5.69 Å². The lowest BCUT2D eigenvalue weighted by Gasteiger charge is -2.16. The van der Waals surface area contributed by atoms with E-state index in [0.717, 1.165) is 26.4 Å². The Labute approximate surface area is 118 Å². The number of esters is 2. The molecule has 0 aliphatic carbocycles. The molecular weight excluding hydrogens is 286 g/mol. The first-order chi connectivity index (χ1) is 9.83. The topological polar surface area (TPSA) is 136 Å². The maximum atomic E-state index is 11.3. The molecule has 0 bridgehead atoms. The van der Waals surface area contributed by atoms with Crippen LogP contribution in [0.1, 0.15) is 22.0 Å². The molecule has 1 aromatic rings. The summed E-state index contributed by atoms with van der Waals surface area (Å²) in [6.07, 6.45) is -3.86. The lowest BCUT2D eigenvalue weighted by molar-refractivity contribution is -0.386. The second-order valence-corrected chi connectivity index (χ2v) is 3.94. The zero-order valence-corrected chi connectivity index (χ0v) is 11.2. The molecule has 0 aliphatic heterocycles. The minimum atomic E-state index is -1.99. The van der Waals surface area contributed by atoms with Crippen LogP contribution >= 0.6 is 0 Å². The highest BCUT2D eigenvalue weighted by Crippen LogP contribution is 2.29. The van der Waals surface area contributed by atoms with Gasteiger partial charge in [0.05, 0.1) is 30.3 Å². The summed E-state index contributed by atoms with van der Waals surface area (Å²) in [6.45, 7) is 0. The number of hydrogen-bond acceptors (Lipinski definition) is 8. The predicted octanol–water partition coefficient (Wildman–Crippen LogP) is -0.0513. The van der Waals surface area contributed by atoms with Crippen LogP contribution in [-0.2, 0) is 14.3 Å². The normalized spacial score (nSPS) is 13.1. The Bertz CT molecular complexity index is 570. The van der Waals surface area contributed by atoms with Crippen molar-refractivity contribution in [2.75, 3.05) is 14.2 Å². The summed E-state index contributed by atoms with van der Waals surface area (Å²) in [6, 6.07) is 3.11. The van der Waals surface area contributed by atoms with E-state index in [2.05, 4.69) is 9.47 Å². The number of aliphatic hydroxyl groups excluding tert-OH is 2. The monoisotopic (exact) mass is 299 g/mol. The summed E-state index contributed by atoms with van der Waals surface area (Å²) in [5.74, 6) is -1.94. The fourth-order valence-corrected chi connectivity index (χ4v) is 1.62. The number of hydrogen-bond donors (Lipinski definition) is 2. The highest BCUT2D eigenvalue weighted by atomic mass is 16.6. The largest absolute Gasteiger partial charge is 0.467 e. The van der Waals surface area contributed by atoms with Crippen LogP contribution in [0.25, 0.3) is 0 Å². The molecule has 0 heterocycles. The van der Waals surface area contributed by atoms with E-state index in [1.807, 2.05) is 0 Å². The van der Waals surface area contributed by atoms with Gasteiger partial charge in [-0.1, -0.05) is 0 Å². The molecule has 0 aliphatic rings. The Hall–Kier alpha value is -2.52. The van der Waals surface area contributed by atoms with Crippen LogP contribution < -0.4 is 0 Å². The summed E-state index contributed by atoms with van der Waals surface area (Å²) >= 11 is 0. The van der Waals surface area contributed by atoms with Gasteiger partial charge in [-0.25, -0.2) is 9.59 Å². The van der Waals surface area contributed by atoms with Crippen molar-refractivity contribution in [1.29, 1.82) is 0 Å². The predicted molar refractivity (Wildman–Crippen MR) is 67.4 cm³/mol. The Morgan fingerprint density at radius 1 is 1.24 bits per heavy atom. The molecule has 21 heavy (non-hydrogen) atoms. The molecule has 2 atom stereocenters. The lowest BCUT2D eigenvalue weighted by atomic mass is 10.0. The maximum absolute atomic E-state index is 11.3. The van der Waals surface area contributed by atoms with Gasteiger partial charge in [0.15, 0.2) is 6.10 Å². The van der Waals surface area contributed by atoms with Crippen LogP contribution in [-0.4, -0.2) is 47.4 Å². The van der Waals surface area contributed by atoms with Gasteiger partial charge >= 0.3 is 11.9 Å². The van der Waals surface area contributed by atoms with E-state index in [-0.39, 0.29) is 11.1 Å². The van der Waals surface area contributed by atoms with Crippen LogP contribution in [0.15, 0.2) is 18.2 Å². The third-order valence-corrected chi connectivity index (χ3v) is 2.71. The molecule has 0 fully saturated rings. The third-order valence-electron chi connectivity index (χ3n) is 2.71. The Balaban J connectivity index is 3.26. The Morgan fingerprint density at radius 2 is 1.86 bits per heavy atom. The highest BCUT2D eigenvalue weighted by molar-refractivity contribution is 5.90. The van der Waals surface area contributed by atoms with Gasteiger partial charge in [0.2, 0.25) is 0 Å². The summed E-state index contributed by atoms with van der Waals surface area (Å²) in [4.78, 5) is 32.6. The second kappa shape index (κ2) is 6.77. The summed E-state index contributed by atoms with van der Waals surface area (Å²) in [5, 5.41) is 30.4. The van der Waals surface area contributed by atoms with Crippen molar-refractivity contribution in [2.45, 2.75) is 12.2 Å². The van der Waals surface area contributed by atoms with E-state index >= 15 is 0 Å². The van der Waals surface area contributed by atoms with Crippen LogP contribution in [0.5, 0.6) is 0 Å². The van der Waals surface area contributed by atoms with E-state index in [9.17, 15) is 29.9 Å². The minimum Gasteiger partial charge on any atom is -0.467 e. The van der Waals surface area contributed by atoms with E-state index in [4.69, 9.17) is 0 Å². The molecule has 1 rings (SSSR count). The fourth-order valence-electron chi connectivity index (χ4n) is 1.62. The molecule has 114 valence electrons. The lowest BCUT2D eigenvalue weighted by Crippen LogP contribution is -2.29. The van der Waals surface area contributed by atoms with Crippen molar-refractivity contribution in [2.24, 2.45) is 0 Å². The molecule has 9 nitrogen and oxygen atoms in total. The van der Waals surface area contributed by atoms with Gasteiger partial charge in [-0.05, 0) is 12.1 Å². The number of nitrogens with zero attached hydrogens (tertiary/aromatic N) is 1. The van der Waals surface area contributed by atoms with Crippen LogP contribution in [0.2, 0.25) is 0 Å². The summed E-state index contributed by atoms with van der Waals surface area (Å²) in [7, 11) is 2.10. The number of methoxy groups -OCH3 is 2. The van der Waals surface area contributed by atoms with Crippen molar-refractivity contribution in [3.05, 3.63) is 39.4 Å². The molecule has 0 saturated carbocycles. The number of carbonyl (C=O) groups excluding carboxylic acids is 2. The van der Waals surface area contributed by atoms with Gasteiger partial charge in [0.1, 0.15) is 6.10 Å². The molecule has 0 spiro atoms. The maximum Gasteiger partial charge on any atom is 0.338 e. The number of nitro benzene ring substituents is 1. The van der Waals surface area contributed by atoms with Crippen molar-refractivity contribution in [1.82, 2.24) is 0 Å². The Morgan fingerprint density at radius 3 is 2.33 bits per heavy atom. The second-order valence-electron chi connectivity index (χ2n) is 3.94. The smallest absolute Gasteiger partial charge is 0.338 e. The van der Waals surface area contributed by atoms with Crippen LogP contribution in [0.4, 0.5) is 5.69 Å². The average Bonchev–Trinajstić information content (AvgIpc) is 2.51. The van der Waals surface area contributed by atoms with Gasteiger partial charge in [0, 0.05) is 6.07 Å². The van der Waals surface area contributed by atoms with Crippen molar-refractivity contribution >= 4 is 17.6 Å².